The first-order valence-electron chi connectivity index (χ1n) is 7.26. The second-order valence-electron chi connectivity index (χ2n) is 5.19. The maximum Gasteiger partial charge on any atom is 0.123 e. The zero-order valence-corrected chi connectivity index (χ0v) is 12.8. The molecule has 3 heteroatoms. The van der Waals surface area contributed by atoms with Crippen molar-refractivity contribution in [1.29, 1.82) is 0 Å². The SMILES string of the molecule is CCNC(Cc1cccc(F)c1)c1ccc(C)cc1OC. The summed E-state index contributed by atoms with van der Waals surface area (Å²) in [5.41, 5.74) is 3.24. The van der Waals surface area contributed by atoms with Gasteiger partial charge >= 0.3 is 0 Å². The first-order chi connectivity index (χ1) is 10.1. The lowest BCUT2D eigenvalue weighted by molar-refractivity contribution is 0.399. The number of halogens is 1. The molecule has 112 valence electrons. The number of hydrogen-bond donors (Lipinski definition) is 1. The molecule has 1 atom stereocenters. The molecule has 0 aromatic heterocycles. The Balaban J connectivity index is 2.30. The Kier molecular flexibility index (Phi) is 5.34. The van der Waals surface area contributed by atoms with Crippen LogP contribution in [-0.4, -0.2) is 13.7 Å². The van der Waals surface area contributed by atoms with E-state index in [2.05, 4.69) is 24.4 Å². The van der Waals surface area contributed by atoms with Crippen LogP contribution in [0.15, 0.2) is 42.5 Å². The fraction of sp³-hybridized carbons (Fsp3) is 0.333. The summed E-state index contributed by atoms with van der Waals surface area (Å²) >= 11 is 0. The van der Waals surface area contributed by atoms with E-state index in [4.69, 9.17) is 4.74 Å². The number of rotatable bonds is 6. The second kappa shape index (κ2) is 7.23. The number of nitrogens with one attached hydrogen (secondary N) is 1. The molecular weight excluding hydrogens is 265 g/mol. The largest absolute Gasteiger partial charge is 0.496 e. The van der Waals surface area contributed by atoms with E-state index in [-0.39, 0.29) is 11.9 Å². The molecule has 0 aliphatic rings. The van der Waals surface area contributed by atoms with Gasteiger partial charge in [-0.25, -0.2) is 4.39 Å². The van der Waals surface area contributed by atoms with E-state index in [0.717, 1.165) is 35.4 Å². The minimum atomic E-state index is -0.196. The van der Waals surface area contributed by atoms with E-state index in [1.807, 2.05) is 19.1 Å². The molecule has 0 spiro atoms. The Bertz CT molecular complexity index is 598. The molecule has 2 aromatic carbocycles. The summed E-state index contributed by atoms with van der Waals surface area (Å²) in [5.74, 6) is 0.677. The molecule has 1 unspecified atom stereocenters. The van der Waals surface area contributed by atoms with Crippen LogP contribution in [0.3, 0.4) is 0 Å². The first kappa shape index (κ1) is 15.5. The van der Waals surface area contributed by atoms with Crippen molar-refractivity contribution in [3.05, 3.63) is 65.0 Å². The Morgan fingerprint density at radius 3 is 2.67 bits per heavy atom. The van der Waals surface area contributed by atoms with Crippen LogP contribution >= 0.6 is 0 Å². The predicted molar refractivity (Wildman–Crippen MR) is 84.3 cm³/mol. The summed E-state index contributed by atoms with van der Waals surface area (Å²) in [6.07, 6.45) is 0.727. The molecule has 2 nitrogen and oxygen atoms in total. The lowest BCUT2D eigenvalue weighted by Gasteiger charge is -2.21. The van der Waals surface area contributed by atoms with Crippen molar-refractivity contribution in [2.24, 2.45) is 0 Å². The van der Waals surface area contributed by atoms with Crippen LogP contribution in [-0.2, 0) is 6.42 Å². The highest BCUT2D eigenvalue weighted by molar-refractivity contribution is 5.40. The molecule has 0 amide bonds. The Morgan fingerprint density at radius 2 is 2.00 bits per heavy atom. The third kappa shape index (κ3) is 4.05. The zero-order chi connectivity index (χ0) is 15.2. The van der Waals surface area contributed by atoms with Crippen molar-refractivity contribution >= 4 is 0 Å². The molecule has 2 rings (SSSR count). The summed E-state index contributed by atoms with van der Waals surface area (Å²) in [6, 6.07) is 13.1. The Morgan fingerprint density at radius 1 is 1.19 bits per heavy atom. The summed E-state index contributed by atoms with van der Waals surface area (Å²) in [4.78, 5) is 0. The fourth-order valence-corrected chi connectivity index (χ4v) is 2.54. The average Bonchev–Trinajstić information content (AvgIpc) is 2.47. The summed E-state index contributed by atoms with van der Waals surface area (Å²) in [5, 5.41) is 3.46. The van der Waals surface area contributed by atoms with Gasteiger partial charge in [-0.3, -0.25) is 0 Å². The average molecular weight is 287 g/mol. The van der Waals surface area contributed by atoms with Crippen molar-refractivity contribution in [3.8, 4) is 5.75 Å². The lowest BCUT2D eigenvalue weighted by atomic mass is 9.97. The second-order valence-corrected chi connectivity index (χ2v) is 5.19. The number of methoxy groups -OCH3 is 1. The van der Waals surface area contributed by atoms with E-state index in [9.17, 15) is 4.39 Å². The maximum absolute atomic E-state index is 13.4. The fourth-order valence-electron chi connectivity index (χ4n) is 2.54. The van der Waals surface area contributed by atoms with Crippen LogP contribution in [0, 0.1) is 12.7 Å². The number of hydrogen-bond acceptors (Lipinski definition) is 2. The van der Waals surface area contributed by atoms with Gasteiger partial charge in [0, 0.05) is 11.6 Å². The topological polar surface area (TPSA) is 21.3 Å². The molecule has 0 saturated heterocycles. The van der Waals surface area contributed by atoms with Crippen molar-refractivity contribution in [2.45, 2.75) is 26.3 Å². The number of benzene rings is 2. The highest BCUT2D eigenvalue weighted by atomic mass is 19.1. The highest BCUT2D eigenvalue weighted by Crippen LogP contribution is 2.28. The monoisotopic (exact) mass is 287 g/mol. The third-order valence-corrected chi connectivity index (χ3v) is 3.54. The first-order valence-corrected chi connectivity index (χ1v) is 7.26. The van der Waals surface area contributed by atoms with Crippen molar-refractivity contribution in [3.63, 3.8) is 0 Å². The number of likely N-dealkylation sites (N-methyl/N-ethyl adjacent to an activating group) is 1. The van der Waals surface area contributed by atoms with Gasteiger partial charge in [0.2, 0.25) is 0 Å². The van der Waals surface area contributed by atoms with Crippen LogP contribution in [0.4, 0.5) is 4.39 Å². The van der Waals surface area contributed by atoms with E-state index in [1.54, 1.807) is 19.2 Å². The quantitative estimate of drug-likeness (QED) is 0.866. The molecule has 0 aliphatic carbocycles. The third-order valence-electron chi connectivity index (χ3n) is 3.54. The molecule has 1 N–H and O–H groups in total. The smallest absolute Gasteiger partial charge is 0.123 e. The Hall–Kier alpha value is -1.87. The molecule has 0 fully saturated rings. The van der Waals surface area contributed by atoms with Gasteiger partial charge in [0.25, 0.3) is 0 Å². The van der Waals surface area contributed by atoms with Gasteiger partial charge in [0.05, 0.1) is 7.11 Å². The molecule has 0 aliphatic heterocycles. The molecule has 0 radical (unpaired) electrons. The van der Waals surface area contributed by atoms with E-state index in [1.165, 1.54) is 6.07 Å². The van der Waals surface area contributed by atoms with Gasteiger partial charge in [0.15, 0.2) is 0 Å². The predicted octanol–water partition coefficient (Wildman–Crippen LogP) is 4.04. The Labute approximate surface area is 126 Å². The van der Waals surface area contributed by atoms with Crippen LogP contribution in [0.5, 0.6) is 5.75 Å². The van der Waals surface area contributed by atoms with Crippen molar-refractivity contribution in [2.75, 3.05) is 13.7 Å². The standard InChI is InChI=1S/C18H22FNO/c1-4-20-17(12-14-6-5-7-15(19)11-14)16-9-8-13(2)10-18(16)21-3/h5-11,17,20H,4,12H2,1-3H3. The highest BCUT2D eigenvalue weighted by Gasteiger charge is 2.16. The molecule has 0 heterocycles. The normalized spacial score (nSPS) is 12.2. The van der Waals surface area contributed by atoms with Gasteiger partial charge in [-0.15, -0.1) is 0 Å². The van der Waals surface area contributed by atoms with Crippen LogP contribution in [0.1, 0.15) is 29.7 Å². The van der Waals surface area contributed by atoms with Gasteiger partial charge in [-0.05, 0) is 49.2 Å². The van der Waals surface area contributed by atoms with Crippen molar-refractivity contribution < 1.29 is 9.13 Å². The van der Waals surface area contributed by atoms with Crippen LogP contribution < -0.4 is 10.1 Å². The summed E-state index contributed by atoms with van der Waals surface area (Å²) in [7, 11) is 1.68. The van der Waals surface area contributed by atoms with Gasteiger partial charge in [-0.2, -0.15) is 0 Å². The number of ether oxygens (including phenoxy) is 1. The van der Waals surface area contributed by atoms with E-state index in [0.29, 0.717) is 0 Å². The van der Waals surface area contributed by atoms with Crippen LogP contribution in [0.25, 0.3) is 0 Å². The zero-order valence-electron chi connectivity index (χ0n) is 12.8. The minimum Gasteiger partial charge on any atom is -0.496 e. The number of aryl methyl sites for hydroxylation is 1. The van der Waals surface area contributed by atoms with Gasteiger partial charge < -0.3 is 10.1 Å². The molecule has 0 bridgehead atoms. The summed E-state index contributed by atoms with van der Waals surface area (Å²) in [6.45, 7) is 4.96. The molecular formula is C18H22FNO. The molecule has 21 heavy (non-hydrogen) atoms. The van der Waals surface area contributed by atoms with E-state index < -0.39 is 0 Å². The van der Waals surface area contributed by atoms with Gasteiger partial charge in [0.1, 0.15) is 11.6 Å². The lowest BCUT2D eigenvalue weighted by Crippen LogP contribution is -2.23. The summed E-state index contributed by atoms with van der Waals surface area (Å²) < 4.78 is 18.9. The molecule has 2 aromatic rings. The van der Waals surface area contributed by atoms with Crippen molar-refractivity contribution in [1.82, 2.24) is 5.32 Å². The van der Waals surface area contributed by atoms with Gasteiger partial charge in [-0.1, -0.05) is 31.2 Å². The minimum absolute atomic E-state index is 0.104. The maximum atomic E-state index is 13.4. The van der Waals surface area contributed by atoms with E-state index >= 15 is 0 Å². The van der Waals surface area contributed by atoms with Crippen LogP contribution in [0.2, 0.25) is 0 Å². The molecule has 0 saturated carbocycles.